The predicted octanol–water partition coefficient (Wildman–Crippen LogP) is 3.78. The Morgan fingerprint density at radius 3 is 2.67 bits per heavy atom. The normalized spacial score (nSPS) is 10.4. The maximum absolute atomic E-state index is 12.2. The van der Waals surface area contributed by atoms with Crippen molar-refractivity contribution in [2.75, 3.05) is 0 Å². The fourth-order valence-corrected chi connectivity index (χ4v) is 2.12. The maximum atomic E-state index is 12.2. The number of rotatable bonds is 3. The summed E-state index contributed by atoms with van der Waals surface area (Å²) in [6, 6.07) is 11.1. The molecule has 3 heteroatoms. The molecule has 2 nitrogen and oxygen atoms in total. The summed E-state index contributed by atoms with van der Waals surface area (Å²) in [5.41, 5.74) is 3.31. The van der Waals surface area contributed by atoms with Gasteiger partial charge in [-0.15, -0.1) is 0 Å². The number of nitrogens with zero attached hydrogens (tertiary/aromatic N) is 1. The number of aromatic nitrogens is 1. The molecular weight excluding hydrogens is 246 g/mol. The van der Waals surface area contributed by atoms with E-state index in [-0.39, 0.29) is 5.78 Å². The lowest BCUT2D eigenvalue weighted by molar-refractivity contribution is 0.0992. The van der Waals surface area contributed by atoms with Crippen molar-refractivity contribution < 1.29 is 4.79 Å². The minimum atomic E-state index is 0.0715. The van der Waals surface area contributed by atoms with E-state index < -0.39 is 0 Å². The van der Waals surface area contributed by atoms with Crippen LogP contribution in [0.2, 0.25) is 5.02 Å². The number of Topliss-reactive ketones (excluding diaryl/α,β-unsaturated/α-hetero) is 1. The monoisotopic (exact) mass is 259 g/mol. The lowest BCUT2D eigenvalue weighted by Gasteiger charge is -2.05. The van der Waals surface area contributed by atoms with Gasteiger partial charge in [-0.05, 0) is 43.7 Å². The van der Waals surface area contributed by atoms with Crippen LogP contribution in [0.5, 0.6) is 0 Å². The largest absolute Gasteiger partial charge is 0.294 e. The Kier molecular flexibility index (Phi) is 3.78. The van der Waals surface area contributed by atoms with Gasteiger partial charge in [0.25, 0.3) is 0 Å². The molecule has 2 aromatic rings. The van der Waals surface area contributed by atoms with E-state index >= 15 is 0 Å². The van der Waals surface area contributed by atoms with Crippen LogP contribution in [0.3, 0.4) is 0 Å². The van der Waals surface area contributed by atoms with Gasteiger partial charge in [0, 0.05) is 28.4 Å². The second kappa shape index (κ2) is 5.32. The molecule has 0 unspecified atom stereocenters. The average molecular weight is 260 g/mol. The molecule has 0 aliphatic carbocycles. The van der Waals surface area contributed by atoms with E-state index in [0.29, 0.717) is 17.0 Å². The zero-order chi connectivity index (χ0) is 13.1. The summed E-state index contributed by atoms with van der Waals surface area (Å²) in [6.45, 7) is 3.77. The van der Waals surface area contributed by atoms with Crippen molar-refractivity contribution in [3.05, 3.63) is 63.9 Å². The molecule has 1 aromatic carbocycles. The van der Waals surface area contributed by atoms with Gasteiger partial charge >= 0.3 is 0 Å². The Hall–Kier alpha value is -1.67. The van der Waals surface area contributed by atoms with Crippen LogP contribution in [0.4, 0.5) is 0 Å². The van der Waals surface area contributed by atoms with E-state index in [1.807, 2.05) is 44.2 Å². The van der Waals surface area contributed by atoms with E-state index in [4.69, 9.17) is 11.6 Å². The third kappa shape index (κ3) is 2.96. The molecule has 1 heterocycles. The molecule has 2 rings (SSSR count). The highest BCUT2D eigenvalue weighted by atomic mass is 35.5. The van der Waals surface area contributed by atoms with Gasteiger partial charge in [-0.3, -0.25) is 9.78 Å². The molecule has 0 aliphatic heterocycles. The van der Waals surface area contributed by atoms with Crippen LogP contribution in [-0.2, 0) is 6.42 Å². The minimum absolute atomic E-state index is 0.0715. The van der Waals surface area contributed by atoms with Crippen molar-refractivity contribution in [1.29, 1.82) is 0 Å². The van der Waals surface area contributed by atoms with Crippen LogP contribution < -0.4 is 0 Å². The van der Waals surface area contributed by atoms with Gasteiger partial charge in [0.15, 0.2) is 5.78 Å². The molecule has 0 saturated heterocycles. The van der Waals surface area contributed by atoms with Gasteiger partial charge in [-0.25, -0.2) is 0 Å². The van der Waals surface area contributed by atoms with E-state index in [1.165, 1.54) is 0 Å². The molecule has 0 spiro atoms. The molecule has 0 saturated carbocycles. The summed E-state index contributed by atoms with van der Waals surface area (Å²) in [5.74, 6) is 0.0715. The Morgan fingerprint density at radius 1 is 1.22 bits per heavy atom. The summed E-state index contributed by atoms with van der Waals surface area (Å²) in [5, 5.41) is 0.652. The second-order valence-corrected chi connectivity index (χ2v) is 4.75. The molecule has 0 atom stereocenters. The first-order valence-electron chi connectivity index (χ1n) is 5.78. The zero-order valence-corrected chi connectivity index (χ0v) is 11.2. The van der Waals surface area contributed by atoms with Crippen LogP contribution >= 0.6 is 11.6 Å². The molecule has 0 fully saturated rings. The quantitative estimate of drug-likeness (QED) is 0.786. The SMILES string of the molecule is Cc1ccc(C(=O)Cc2cccc(Cl)c2)c(C)n1. The van der Waals surface area contributed by atoms with Gasteiger partial charge < -0.3 is 0 Å². The smallest absolute Gasteiger partial charge is 0.169 e. The summed E-state index contributed by atoms with van der Waals surface area (Å²) in [7, 11) is 0. The van der Waals surface area contributed by atoms with Crippen molar-refractivity contribution >= 4 is 17.4 Å². The standard InChI is InChI=1S/C15H14ClNO/c1-10-6-7-14(11(2)17-10)15(18)9-12-4-3-5-13(16)8-12/h3-8H,9H2,1-2H3. The fraction of sp³-hybridized carbons (Fsp3) is 0.200. The van der Waals surface area contributed by atoms with Crippen molar-refractivity contribution in [2.45, 2.75) is 20.3 Å². The molecule has 92 valence electrons. The van der Waals surface area contributed by atoms with Crippen molar-refractivity contribution in [3.63, 3.8) is 0 Å². The Labute approximate surface area is 112 Å². The topological polar surface area (TPSA) is 30.0 Å². The summed E-state index contributed by atoms with van der Waals surface area (Å²) in [6.07, 6.45) is 0.353. The van der Waals surface area contributed by atoms with Crippen molar-refractivity contribution in [1.82, 2.24) is 4.98 Å². The third-order valence-electron chi connectivity index (χ3n) is 2.78. The summed E-state index contributed by atoms with van der Waals surface area (Å²) in [4.78, 5) is 16.5. The van der Waals surface area contributed by atoms with Crippen LogP contribution in [0.15, 0.2) is 36.4 Å². The highest BCUT2D eigenvalue weighted by Crippen LogP contribution is 2.15. The number of pyridine rings is 1. The molecular formula is C15H14ClNO. The Bertz CT molecular complexity index is 593. The molecule has 0 bridgehead atoms. The molecule has 0 amide bonds. The first kappa shape index (κ1) is 12.8. The third-order valence-corrected chi connectivity index (χ3v) is 3.01. The highest BCUT2D eigenvalue weighted by Gasteiger charge is 2.11. The molecule has 1 aromatic heterocycles. The van der Waals surface area contributed by atoms with Gasteiger partial charge in [0.1, 0.15) is 0 Å². The van der Waals surface area contributed by atoms with Gasteiger partial charge in [0.2, 0.25) is 0 Å². The van der Waals surface area contributed by atoms with Crippen LogP contribution in [0.1, 0.15) is 27.3 Å². The van der Waals surface area contributed by atoms with Crippen LogP contribution in [-0.4, -0.2) is 10.8 Å². The number of hydrogen-bond donors (Lipinski definition) is 0. The summed E-state index contributed by atoms with van der Waals surface area (Å²) >= 11 is 5.90. The number of hydrogen-bond acceptors (Lipinski definition) is 2. The van der Waals surface area contributed by atoms with Gasteiger partial charge in [-0.2, -0.15) is 0 Å². The number of aryl methyl sites for hydroxylation is 2. The first-order valence-corrected chi connectivity index (χ1v) is 6.16. The first-order chi connectivity index (χ1) is 8.56. The molecule has 0 aliphatic rings. The van der Waals surface area contributed by atoms with Gasteiger partial charge in [0.05, 0.1) is 0 Å². The lowest BCUT2D eigenvalue weighted by atomic mass is 10.0. The summed E-state index contributed by atoms with van der Waals surface area (Å²) < 4.78 is 0. The molecule has 0 radical (unpaired) electrons. The van der Waals surface area contributed by atoms with E-state index in [2.05, 4.69) is 4.98 Å². The Morgan fingerprint density at radius 2 is 2.00 bits per heavy atom. The minimum Gasteiger partial charge on any atom is -0.294 e. The van der Waals surface area contributed by atoms with Crippen molar-refractivity contribution in [3.8, 4) is 0 Å². The molecule has 0 N–H and O–H groups in total. The van der Waals surface area contributed by atoms with Gasteiger partial charge in [-0.1, -0.05) is 23.7 Å². The maximum Gasteiger partial charge on any atom is 0.169 e. The van der Waals surface area contributed by atoms with E-state index in [9.17, 15) is 4.79 Å². The van der Waals surface area contributed by atoms with E-state index in [0.717, 1.165) is 17.0 Å². The van der Waals surface area contributed by atoms with E-state index in [1.54, 1.807) is 6.07 Å². The fourth-order valence-electron chi connectivity index (χ4n) is 1.91. The van der Waals surface area contributed by atoms with Crippen molar-refractivity contribution in [2.24, 2.45) is 0 Å². The number of benzene rings is 1. The molecule has 18 heavy (non-hydrogen) atoms. The average Bonchev–Trinajstić information content (AvgIpc) is 2.28. The number of carbonyl (C=O) groups excluding carboxylic acids is 1. The second-order valence-electron chi connectivity index (χ2n) is 4.32. The Balaban J connectivity index is 2.22. The lowest BCUT2D eigenvalue weighted by Crippen LogP contribution is -2.07. The highest BCUT2D eigenvalue weighted by molar-refractivity contribution is 6.30. The van der Waals surface area contributed by atoms with Crippen LogP contribution in [0.25, 0.3) is 0 Å². The number of carbonyl (C=O) groups is 1. The number of halogens is 1. The predicted molar refractivity (Wildman–Crippen MR) is 73.2 cm³/mol. The number of ketones is 1. The van der Waals surface area contributed by atoms with Crippen LogP contribution in [0, 0.1) is 13.8 Å². The zero-order valence-electron chi connectivity index (χ0n) is 10.4.